The van der Waals surface area contributed by atoms with E-state index in [-0.39, 0.29) is 11.4 Å². The first-order chi connectivity index (χ1) is 11.5. The van der Waals surface area contributed by atoms with Crippen molar-refractivity contribution in [3.05, 3.63) is 47.5 Å². The predicted octanol–water partition coefficient (Wildman–Crippen LogP) is 4.88. The van der Waals surface area contributed by atoms with Gasteiger partial charge in [-0.3, -0.25) is 0 Å². The number of fused-ring (bicyclic) bond motifs is 6. The Labute approximate surface area is 138 Å². The Bertz CT molecular complexity index is 1020. The van der Waals surface area contributed by atoms with Crippen molar-refractivity contribution in [2.24, 2.45) is 0 Å². The molecule has 0 radical (unpaired) electrons. The lowest BCUT2D eigenvalue weighted by atomic mass is 9.98. The summed E-state index contributed by atoms with van der Waals surface area (Å²) in [5.74, 6) is 2.46. The summed E-state index contributed by atoms with van der Waals surface area (Å²) in [5.41, 5.74) is 3.40. The molecule has 0 amide bonds. The number of hydrogen-bond donors (Lipinski definition) is 1. The normalized spacial score (nSPS) is 16.8. The van der Waals surface area contributed by atoms with Crippen LogP contribution in [0.4, 0.5) is 0 Å². The Balaban J connectivity index is 1.74. The van der Waals surface area contributed by atoms with E-state index in [1.54, 1.807) is 12.1 Å². The standard InChI is InChI=1S/C20H16O4/c1-20(2)6-5-11-7-14-15-10-22-17-8-12(21)3-4-13(17)19(15)23-18(14)9-16(11)24-20/h3-9,21H,10H2,1-2H3. The third-order valence-electron chi connectivity index (χ3n) is 4.54. The maximum Gasteiger partial charge on any atom is 0.145 e. The van der Waals surface area contributed by atoms with Gasteiger partial charge in [-0.1, -0.05) is 6.08 Å². The molecule has 3 heterocycles. The van der Waals surface area contributed by atoms with Crippen molar-refractivity contribution in [3.63, 3.8) is 0 Å². The number of phenols is 1. The van der Waals surface area contributed by atoms with Crippen molar-refractivity contribution in [2.75, 3.05) is 0 Å². The van der Waals surface area contributed by atoms with Crippen molar-refractivity contribution >= 4 is 17.0 Å². The number of benzene rings is 2. The van der Waals surface area contributed by atoms with Gasteiger partial charge < -0.3 is 19.0 Å². The maximum absolute atomic E-state index is 9.63. The second-order valence-electron chi connectivity index (χ2n) is 6.80. The molecular weight excluding hydrogens is 304 g/mol. The van der Waals surface area contributed by atoms with E-state index in [0.717, 1.165) is 39.2 Å². The molecule has 0 aliphatic carbocycles. The Morgan fingerprint density at radius 3 is 2.83 bits per heavy atom. The van der Waals surface area contributed by atoms with Crippen LogP contribution in [0.1, 0.15) is 25.0 Å². The molecule has 3 aromatic rings. The largest absolute Gasteiger partial charge is 0.508 e. The molecule has 2 aliphatic heterocycles. The molecule has 0 spiro atoms. The lowest BCUT2D eigenvalue weighted by molar-refractivity contribution is 0.159. The van der Waals surface area contributed by atoms with E-state index >= 15 is 0 Å². The van der Waals surface area contributed by atoms with Crippen LogP contribution in [0.25, 0.3) is 28.4 Å². The molecule has 120 valence electrons. The predicted molar refractivity (Wildman–Crippen MR) is 91.4 cm³/mol. The second kappa shape index (κ2) is 4.35. The van der Waals surface area contributed by atoms with Gasteiger partial charge >= 0.3 is 0 Å². The molecule has 0 unspecified atom stereocenters. The fraction of sp³-hybridized carbons (Fsp3) is 0.200. The molecular formula is C20H16O4. The van der Waals surface area contributed by atoms with Gasteiger partial charge in [-0.25, -0.2) is 0 Å². The van der Waals surface area contributed by atoms with Gasteiger partial charge in [0.05, 0.1) is 5.56 Å². The first-order valence-electron chi connectivity index (χ1n) is 7.94. The van der Waals surface area contributed by atoms with Crippen LogP contribution in [0.3, 0.4) is 0 Å². The fourth-order valence-corrected chi connectivity index (χ4v) is 3.35. The van der Waals surface area contributed by atoms with Gasteiger partial charge in [0.15, 0.2) is 0 Å². The molecule has 0 bridgehead atoms. The second-order valence-corrected chi connectivity index (χ2v) is 6.80. The smallest absolute Gasteiger partial charge is 0.145 e. The molecule has 2 aromatic carbocycles. The number of furan rings is 1. The number of aromatic hydroxyl groups is 1. The van der Waals surface area contributed by atoms with Crippen molar-refractivity contribution in [1.82, 2.24) is 0 Å². The van der Waals surface area contributed by atoms with Gasteiger partial charge in [0, 0.05) is 28.6 Å². The molecule has 0 saturated carbocycles. The van der Waals surface area contributed by atoms with Gasteiger partial charge in [-0.15, -0.1) is 0 Å². The zero-order valence-corrected chi connectivity index (χ0v) is 13.4. The molecule has 0 atom stereocenters. The number of hydrogen-bond acceptors (Lipinski definition) is 4. The van der Waals surface area contributed by atoms with Crippen molar-refractivity contribution in [2.45, 2.75) is 26.1 Å². The van der Waals surface area contributed by atoms with Crippen LogP contribution in [0.15, 0.2) is 40.8 Å². The van der Waals surface area contributed by atoms with Crippen LogP contribution in [0, 0.1) is 0 Å². The van der Waals surface area contributed by atoms with E-state index < -0.39 is 0 Å². The molecule has 1 aromatic heterocycles. The highest BCUT2D eigenvalue weighted by Gasteiger charge is 2.27. The Hall–Kier alpha value is -2.88. The van der Waals surface area contributed by atoms with Gasteiger partial charge in [-0.2, -0.15) is 0 Å². The maximum atomic E-state index is 9.63. The summed E-state index contributed by atoms with van der Waals surface area (Å²) in [7, 11) is 0. The molecule has 1 N–H and O–H groups in total. The van der Waals surface area contributed by atoms with Crippen LogP contribution < -0.4 is 9.47 Å². The summed E-state index contributed by atoms with van der Waals surface area (Å²) in [6, 6.07) is 9.13. The summed E-state index contributed by atoms with van der Waals surface area (Å²) >= 11 is 0. The van der Waals surface area contributed by atoms with E-state index in [4.69, 9.17) is 13.9 Å². The van der Waals surface area contributed by atoms with Gasteiger partial charge in [0.1, 0.15) is 40.8 Å². The zero-order chi connectivity index (χ0) is 16.5. The fourth-order valence-electron chi connectivity index (χ4n) is 3.35. The Morgan fingerprint density at radius 2 is 1.96 bits per heavy atom. The van der Waals surface area contributed by atoms with E-state index in [9.17, 15) is 5.11 Å². The van der Waals surface area contributed by atoms with E-state index in [0.29, 0.717) is 12.4 Å². The van der Waals surface area contributed by atoms with E-state index in [1.807, 2.05) is 26.0 Å². The highest BCUT2D eigenvalue weighted by molar-refractivity contribution is 5.93. The Morgan fingerprint density at radius 1 is 1.08 bits per heavy atom. The molecule has 24 heavy (non-hydrogen) atoms. The lowest BCUT2D eigenvalue weighted by Gasteiger charge is -2.27. The monoisotopic (exact) mass is 320 g/mol. The first kappa shape index (κ1) is 13.5. The van der Waals surface area contributed by atoms with Gasteiger partial charge in [-0.05, 0) is 38.1 Å². The van der Waals surface area contributed by atoms with Crippen molar-refractivity contribution in [3.8, 4) is 28.6 Å². The van der Waals surface area contributed by atoms with Crippen LogP contribution in [-0.2, 0) is 6.61 Å². The summed E-state index contributed by atoms with van der Waals surface area (Å²) in [6.45, 7) is 4.48. The van der Waals surface area contributed by atoms with Crippen LogP contribution in [-0.4, -0.2) is 10.7 Å². The first-order valence-corrected chi connectivity index (χ1v) is 7.94. The third-order valence-corrected chi connectivity index (χ3v) is 4.54. The van der Waals surface area contributed by atoms with Gasteiger partial charge in [0.2, 0.25) is 0 Å². The molecule has 0 saturated heterocycles. The highest BCUT2D eigenvalue weighted by Crippen LogP contribution is 2.45. The molecule has 2 aliphatic rings. The minimum Gasteiger partial charge on any atom is -0.508 e. The summed E-state index contributed by atoms with van der Waals surface area (Å²) in [4.78, 5) is 0. The molecule has 4 heteroatoms. The van der Waals surface area contributed by atoms with Crippen LogP contribution >= 0.6 is 0 Å². The highest BCUT2D eigenvalue weighted by atomic mass is 16.5. The number of ether oxygens (including phenoxy) is 2. The Kier molecular flexibility index (Phi) is 2.46. The summed E-state index contributed by atoms with van der Waals surface area (Å²) < 4.78 is 18.0. The van der Waals surface area contributed by atoms with Crippen molar-refractivity contribution in [1.29, 1.82) is 0 Å². The number of rotatable bonds is 0. The SMILES string of the molecule is CC1(C)C=Cc2cc3c4c(oc3cc2O1)-c1ccc(O)cc1OC4. The third kappa shape index (κ3) is 1.86. The topological polar surface area (TPSA) is 51.8 Å². The average Bonchev–Trinajstić information content (AvgIpc) is 2.89. The average molecular weight is 320 g/mol. The molecule has 5 rings (SSSR count). The van der Waals surface area contributed by atoms with Crippen molar-refractivity contribution < 1.29 is 19.0 Å². The van der Waals surface area contributed by atoms with Gasteiger partial charge in [0.25, 0.3) is 0 Å². The summed E-state index contributed by atoms with van der Waals surface area (Å²) in [6.07, 6.45) is 4.15. The molecule has 4 nitrogen and oxygen atoms in total. The van der Waals surface area contributed by atoms with E-state index in [2.05, 4.69) is 18.2 Å². The lowest BCUT2D eigenvalue weighted by Crippen LogP contribution is -2.27. The quantitative estimate of drug-likeness (QED) is 0.641. The minimum atomic E-state index is -0.319. The molecule has 0 fully saturated rings. The van der Waals surface area contributed by atoms with E-state index in [1.165, 1.54) is 0 Å². The van der Waals surface area contributed by atoms with Crippen LogP contribution in [0.5, 0.6) is 17.2 Å². The number of phenolic OH excluding ortho intramolecular Hbond substituents is 1. The summed E-state index contributed by atoms with van der Waals surface area (Å²) in [5, 5.41) is 10.7. The zero-order valence-electron chi connectivity index (χ0n) is 13.4. The van der Waals surface area contributed by atoms with Crippen LogP contribution in [0.2, 0.25) is 0 Å². The minimum absolute atomic E-state index is 0.185.